The van der Waals surface area contributed by atoms with Gasteiger partial charge >= 0.3 is 0 Å². The molecule has 1 aromatic carbocycles. The van der Waals surface area contributed by atoms with Crippen LogP contribution in [0.3, 0.4) is 0 Å². The van der Waals surface area contributed by atoms with Crippen LogP contribution in [0.25, 0.3) is 0 Å². The Hall–Kier alpha value is -0.820. The van der Waals surface area contributed by atoms with E-state index in [9.17, 15) is 0 Å². The van der Waals surface area contributed by atoms with E-state index in [1.165, 1.54) is 37.8 Å². The molecule has 0 aromatic heterocycles. The van der Waals surface area contributed by atoms with Crippen LogP contribution >= 0.6 is 0 Å². The fourth-order valence-corrected chi connectivity index (χ4v) is 3.50. The van der Waals surface area contributed by atoms with Crippen molar-refractivity contribution < 1.29 is 0 Å². The van der Waals surface area contributed by atoms with Crippen LogP contribution in [0, 0.1) is 17.3 Å². The molecule has 104 valence electrons. The Balaban J connectivity index is 1.54. The van der Waals surface area contributed by atoms with Gasteiger partial charge in [0.05, 0.1) is 0 Å². The SMILES string of the molecule is CC(C)C(CNCC1(C2CC2)CC1)c1ccccc1. The third-order valence-corrected chi connectivity index (χ3v) is 5.21. The lowest BCUT2D eigenvalue weighted by atomic mass is 9.88. The number of benzene rings is 1. The Morgan fingerprint density at radius 2 is 1.84 bits per heavy atom. The highest BCUT2D eigenvalue weighted by atomic mass is 14.9. The largest absolute Gasteiger partial charge is 0.316 e. The van der Waals surface area contributed by atoms with Crippen LogP contribution in [0.2, 0.25) is 0 Å². The molecule has 2 aliphatic rings. The van der Waals surface area contributed by atoms with Gasteiger partial charge in [-0.2, -0.15) is 0 Å². The van der Waals surface area contributed by atoms with Gasteiger partial charge < -0.3 is 5.32 Å². The van der Waals surface area contributed by atoms with Gasteiger partial charge in [-0.1, -0.05) is 44.2 Å². The molecule has 2 fully saturated rings. The van der Waals surface area contributed by atoms with E-state index in [-0.39, 0.29) is 0 Å². The fourth-order valence-electron chi connectivity index (χ4n) is 3.50. The number of hydrogen-bond acceptors (Lipinski definition) is 1. The molecule has 0 amide bonds. The molecule has 2 aliphatic carbocycles. The first kappa shape index (κ1) is 13.2. The summed E-state index contributed by atoms with van der Waals surface area (Å²) in [6, 6.07) is 11.0. The smallest absolute Gasteiger partial charge is 0.00228 e. The summed E-state index contributed by atoms with van der Waals surface area (Å²) in [4.78, 5) is 0. The van der Waals surface area contributed by atoms with Crippen molar-refractivity contribution in [2.45, 2.75) is 45.4 Å². The van der Waals surface area contributed by atoms with Crippen LogP contribution in [-0.4, -0.2) is 13.1 Å². The van der Waals surface area contributed by atoms with Crippen LogP contribution in [0.4, 0.5) is 0 Å². The topological polar surface area (TPSA) is 12.0 Å². The average Bonchev–Trinajstić information content (AvgIpc) is 3.28. The molecule has 1 heteroatoms. The van der Waals surface area contributed by atoms with Gasteiger partial charge in [0.1, 0.15) is 0 Å². The first-order valence-electron chi connectivity index (χ1n) is 7.97. The van der Waals surface area contributed by atoms with E-state index in [1.807, 2.05) is 0 Å². The summed E-state index contributed by atoms with van der Waals surface area (Å²) < 4.78 is 0. The second kappa shape index (κ2) is 5.28. The molecule has 0 saturated heterocycles. The molecular weight excluding hydrogens is 230 g/mol. The highest BCUT2D eigenvalue weighted by Crippen LogP contribution is 2.60. The molecule has 1 atom stereocenters. The van der Waals surface area contributed by atoms with Gasteiger partial charge in [0, 0.05) is 13.1 Å². The van der Waals surface area contributed by atoms with Crippen LogP contribution in [-0.2, 0) is 0 Å². The predicted octanol–water partition coefficient (Wildman–Crippen LogP) is 4.21. The number of rotatable bonds is 7. The van der Waals surface area contributed by atoms with Crippen molar-refractivity contribution in [2.75, 3.05) is 13.1 Å². The maximum Gasteiger partial charge on any atom is 0.00228 e. The molecule has 1 unspecified atom stereocenters. The van der Waals surface area contributed by atoms with E-state index >= 15 is 0 Å². The van der Waals surface area contributed by atoms with Crippen molar-refractivity contribution in [3.63, 3.8) is 0 Å². The van der Waals surface area contributed by atoms with Crippen molar-refractivity contribution in [1.82, 2.24) is 5.32 Å². The molecule has 2 saturated carbocycles. The minimum atomic E-state index is 0.649. The van der Waals surface area contributed by atoms with E-state index < -0.39 is 0 Å². The number of nitrogens with one attached hydrogen (secondary N) is 1. The van der Waals surface area contributed by atoms with Crippen molar-refractivity contribution in [3.8, 4) is 0 Å². The molecule has 0 aliphatic heterocycles. The van der Waals surface area contributed by atoms with E-state index in [2.05, 4.69) is 49.5 Å². The summed E-state index contributed by atoms with van der Waals surface area (Å²) in [5, 5.41) is 3.79. The first-order valence-corrected chi connectivity index (χ1v) is 7.97. The van der Waals surface area contributed by atoms with Gasteiger partial charge in [-0.15, -0.1) is 0 Å². The first-order chi connectivity index (χ1) is 9.21. The highest BCUT2D eigenvalue weighted by molar-refractivity contribution is 5.20. The molecular formula is C18H27N. The number of hydrogen-bond donors (Lipinski definition) is 1. The maximum atomic E-state index is 3.79. The van der Waals surface area contributed by atoms with Crippen LogP contribution in [0.5, 0.6) is 0 Å². The molecule has 0 radical (unpaired) electrons. The van der Waals surface area contributed by atoms with E-state index in [0.717, 1.165) is 17.9 Å². The van der Waals surface area contributed by atoms with Crippen LogP contribution < -0.4 is 5.32 Å². The Morgan fingerprint density at radius 3 is 2.37 bits per heavy atom. The minimum Gasteiger partial charge on any atom is -0.316 e. The van der Waals surface area contributed by atoms with E-state index in [0.29, 0.717) is 11.8 Å². The standard InChI is InChI=1S/C18H27N/c1-14(2)17(15-6-4-3-5-7-15)12-19-13-18(10-11-18)16-8-9-16/h3-7,14,16-17,19H,8-13H2,1-2H3. The van der Waals surface area contributed by atoms with E-state index in [4.69, 9.17) is 0 Å². The van der Waals surface area contributed by atoms with Crippen molar-refractivity contribution >= 4 is 0 Å². The Labute approximate surface area is 117 Å². The van der Waals surface area contributed by atoms with Gasteiger partial charge in [-0.3, -0.25) is 0 Å². The zero-order valence-electron chi connectivity index (χ0n) is 12.4. The quantitative estimate of drug-likeness (QED) is 0.771. The summed E-state index contributed by atoms with van der Waals surface area (Å²) in [6.07, 6.45) is 5.94. The maximum absolute atomic E-state index is 3.79. The Bertz CT molecular complexity index is 401. The summed E-state index contributed by atoms with van der Waals surface area (Å²) in [6.45, 7) is 7.07. The summed E-state index contributed by atoms with van der Waals surface area (Å²) in [7, 11) is 0. The normalized spacial score (nSPS) is 22.5. The summed E-state index contributed by atoms with van der Waals surface area (Å²) in [5.74, 6) is 2.41. The molecule has 1 nitrogen and oxygen atoms in total. The zero-order valence-corrected chi connectivity index (χ0v) is 12.4. The van der Waals surface area contributed by atoms with Gasteiger partial charge in [0.25, 0.3) is 0 Å². The minimum absolute atomic E-state index is 0.649. The second-order valence-electron chi connectivity index (χ2n) is 7.03. The predicted molar refractivity (Wildman–Crippen MR) is 81.3 cm³/mol. The summed E-state index contributed by atoms with van der Waals surface area (Å²) >= 11 is 0. The van der Waals surface area contributed by atoms with Gasteiger partial charge in [0.15, 0.2) is 0 Å². The molecule has 1 N–H and O–H groups in total. The molecule has 19 heavy (non-hydrogen) atoms. The Kier molecular flexibility index (Phi) is 3.66. The van der Waals surface area contributed by atoms with Crippen molar-refractivity contribution in [3.05, 3.63) is 35.9 Å². The lowest BCUT2D eigenvalue weighted by Crippen LogP contribution is -2.31. The summed E-state index contributed by atoms with van der Waals surface area (Å²) in [5.41, 5.74) is 2.21. The van der Waals surface area contributed by atoms with Gasteiger partial charge in [0.2, 0.25) is 0 Å². The van der Waals surface area contributed by atoms with Crippen LogP contribution in [0.15, 0.2) is 30.3 Å². The van der Waals surface area contributed by atoms with E-state index in [1.54, 1.807) is 0 Å². The van der Waals surface area contributed by atoms with Gasteiger partial charge in [-0.25, -0.2) is 0 Å². The molecule has 0 spiro atoms. The average molecular weight is 257 g/mol. The lowest BCUT2D eigenvalue weighted by molar-refractivity contribution is 0.377. The third kappa shape index (κ3) is 3.02. The van der Waals surface area contributed by atoms with Crippen LogP contribution in [0.1, 0.15) is 51.0 Å². The molecule has 3 rings (SSSR count). The van der Waals surface area contributed by atoms with Gasteiger partial charge in [-0.05, 0) is 54.4 Å². The molecule has 1 aromatic rings. The highest BCUT2D eigenvalue weighted by Gasteiger charge is 2.53. The fraction of sp³-hybridized carbons (Fsp3) is 0.667. The second-order valence-corrected chi connectivity index (χ2v) is 7.03. The molecule has 0 heterocycles. The zero-order chi connectivity index (χ0) is 13.3. The van der Waals surface area contributed by atoms with Crippen molar-refractivity contribution in [1.29, 1.82) is 0 Å². The Morgan fingerprint density at radius 1 is 1.16 bits per heavy atom. The molecule has 0 bridgehead atoms. The third-order valence-electron chi connectivity index (χ3n) is 5.21. The van der Waals surface area contributed by atoms with Crippen molar-refractivity contribution in [2.24, 2.45) is 17.3 Å². The monoisotopic (exact) mass is 257 g/mol. The lowest BCUT2D eigenvalue weighted by Gasteiger charge is -2.24.